The number of anilines is 1. The molecule has 1 aliphatic heterocycles. The molecule has 0 spiro atoms. The van der Waals surface area contributed by atoms with Crippen molar-refractivity contribution in [2.75, 3.05) is 17.4 Å². The molecule has 4 aromatic carbocycles. The van der Waals surface area contributed by atoms with E-state index in [1.165, 1.54) is 4.31 Å². The molecule has 0 saturated heterocycles. The van der Waals surface area contributed by atoms with E-state index in [1.807, 2.05) is 92.7 Å². The monoisotopic (exact) mass is 569 g/mol. The molecule has 5 rings (SSSR count). The van der Waals surface area contributed by atoms with Gasteiger partial charge in [0, 0.05) is 37.9 Å². The molecule has 0 bridgehead atoms. The zero-order valence-corrected chi connectivity index (χ0v) is 24.2. The van der Waals surface area contributed by atoms with Crippen molar-refractivity contribution in [3.8, 4) is 0 Å². The molecule has 7 nitrogen and oxygen atoms in total. The Balaban J connectivity index is 1.39. The Hall–Kier alpha value is -4.17. The van der Waals surface area contributed by atoms with Crippen LogP contribution in [-0.4, -0.2) is 44.3 Å². The number of hydrogen-bond acceptors (Lipinski definition) is 4. The van der Waals surface area contributed by atoms with Gasteiger partial charge in [-0.1, -0.05) is 78.9 Å². The van der Waals surface area contributed by atoms with Crippen LogP contribution in [0, 0.1) is 6.92 Å². The van der Waals surface area contributed by atoms with Gasteiger partial charge < -0.3 is 10.2 Å². The van der Waals surface area contributed by atoms with Crippen molar-refractivity contribution in [2.24, 2.45) is 0 Å². The highest BCUT2D eigenvalue weighted by Crippen LogP contribution is 2.42. The zero-order chi connectivity index (χ0) is 29.0. The van der Waals surface area contributed by atoms with Gasteiger partial charge in [0.1, 0.15) is 6.04 Å². The molecule has 0 aliphatic carbocycles. The number of likely N-dealkylation sites (N-methyl/N-ethyl adjacent to an activating group) is 1. The summed E-state index contributed by atoms with van der Waals surface area (Å²) in [6, 6.07) is 27.7. The summed E-state index contributed by atoms with van der Waals surface area (Å²) in [6.45, 7) is 4.76. The van der Waals surface area contributed by atoms with Gasteiger partial charge in [0.15, 0.2) is 0 Å². The normalized spacial score (nSPS) is 14.1. The van der Waals surface area contributed by atoms with Crippen LogP contribution >= 0.6 is 0 Å². The topological polar surface area (TPSA) is 86.8 Å². The Morgan fingerprint density at radius 1 is 0.902 bits per heavy atom. The molecule has 1 aliphatic rings. The van der Waals surface area contributed by atoms with E-state index in [-0.39, 0.29) is 31.3 Å². The fraction of sp³-hybridized carbons (Fsp3) is 0.273. The van der Waals surface area contributed by atoms with Crippen LogP contribution in [0.5, 0.6) is 0 Å². The third-order valence-electron chi connectivity index (χ3n) is 7.66. The standard InChI is InChI=1S/C33H35N3O4S/c1-3-34-33(38)29(22-25-13-5-4-6-14-25)35(23-27-15-8-7-12-24(27)2)31(37)20-11-21-36-28-18-9-16-26-17-10-19-30(32(26)28)41(36,39)40/h4-10,12-19,29H,3,11,20-23H2,1-2H3,(H,34,38)/t29-/m1/s1. The number of carbonyl (C=O) groups is 2. The van der Waals surface area contributed by atoms with Gasteiger partial charge in [-0.05, 0) is 54.5 Å². The second kappa shape index (κ2) is 12.1. The van der Waals surface area contributed by atoms with Crippen LogP contribution in [0.15, 0.2) is 95.9 Å². The Labute approximate surface area is 241 Å². The zero-order valence-electron chi connectivity index (χ0n) is 23.4. The van der Waals surface area contributed by atoms with Gasteiger partial charge in [-0.15, -0.1) is 0 Å². The van der Waals surface area contributed by atoms with E-state index in [2.05, 4.69) is 5.32 Å². The van der Waals surface area contributed by atoms with Crippen LogP contribution in [0.1, 0.15) is 36.5 Å². The summed E-state index contributed by atoms with van der Waals surface area (Å²) < 4.78 is 28.2. The first-order valence-corrected chi connectivity index (χ1v) is 15.5. The van der Waals surface area contributed by atoms with Crippen LogP contribution < -0.4 is 9.62 Å². The third-order valence-corrected chi connectivity index (χ3v) is 9.51. The van der Waals surface area contributed by atoms with Crippen molar-refractivity contribution in [3.05, 3.63) is 108 Å². The summed E-state index contributed by atoms with van der Waals surface area (Å²) in [4.78, 5) is 29.3. The highest BCUT2D eigenvalue weighted by atomic mass is 32.2. The summed E-state index contributed by atoms with van der Waals surface area (Å²) in [5.41, 5.74) is 3.60. The number of aryl methyl sites for hydroxylation is 1. The molecule has 1 heterocycles. The van der Waals surface area contributed by atoms with Gasteiger partial charge in [0.25, 0.3) is 10.0 Å². The van der Waals surface area contributed by atoms with Crippen molar-refractivity contribution in [1.82, 2.24) is 10.2 Å². The summed E-state index contributed by atoms with van der Waals surface area (Å²) in [7, 11) is -3.70. The molecule has 0 aromatic heterocycles. The quantitative estimate of drug-likeness (QED) is 0.269. The molecule has 4 aromatic rings. The lowest BCUT2D eigenvalue weighted by Crippen LogP contribution is -2.50. The molecule has 1 atom stereocenters. The molecule has 2 amide bonds. The van der Waals surface area contributed by atoms with Crippen molar-refractivity contribution in [1.29, 1.82) is 0 Å². The second-order valence-corrected chi connectivity index (χ2v) is 12.2. The first-order chi connectivity index (χ1) is 19.8. The molecule has 41 heavy (non-hydrogen) atoms. The molecule has 0 radical (unpaired) electrons. The number of benzene rings is 4. The summed E-state index contributed by atoms with van der Waals surface area (Å²) in [5, 5.41) is 4.51. The van der Waals surface area contributed by atoms with Gasteiger partial charge in [0.2, 0.25) is 11.8 Å². The van der Waals surface area contributed by atoms with Crippen LogP contribution in [0.4, 0.5) is 5.69 Å². The maximum atomic E-state index is 13.9. The fourth-order valence-corrected chi connectivity index (χ4v) is 7.28. The molecule has 0 saturated carbocycles. The fourth-order valence-electron chi connectivity index (χ4n) is 5.53. The Morgan fingerprint density at radius 3 is 2.34 bits per heavy atom. The van der Waals surface area contributed by atoms with Crippen LogP contribution in [0.25, 0.3) is 10.8 Å². The molecular weight excluding hydrogens is 534 g/mol. The van der Waals surface area contributed by atoms with E-state index >= 15 is 0 Å². The minimum atomic E-state index is -3.70. The van der Waals surface area contributed by atoms with Gasteiger partial charge >= 0.3 is 0 Å². The SMILES string of the molecule is CCNC(=O)[C@@H](Cc1ccccc1)N(Cc1ccccc1C)C(=O)CCCN1c2cccc3cccc(c23)S1(=O)=O. The minimum absolute atomic E-state index is 0.106. The first-order valence-electron chi connectivity index (χ1n) is 14.0. The summed E-state index contributed by atoms with van der Waals surface area (Å²) in [6.07, 6.45) is 0.803. The maximum Gasteiger partial charge on any atom is 0.265 e. The van der Waals surface area contributed by atoms with Crippen molar-refractivity contribution in [3.63, 3.8) is 0 Å². The van der Waals surface area contributed by atoms with Crippen molar-refractivity contribution < 1.29 is 18.0 Å². The summed E-state index contributed by atoms with van der Waals surface area (Å²) in [5.74, 6) is -0.393. The van der Waals surface area contributed by atoms with E-state index in [9.17, 15) is 18.0 Å². The number of amides is 2. The predicted molar refractivity (Wildman–Crippen MR) is 162 cm³/mol. The third kappa shape index (κ3) is 5.84. The van der Waals surface area contributed by atoms with E-state index in [1.54, 1.807) is 17.0 Å². The van der Waals surface area contributed by atoms with Crippen molar-refractivity contribution >= 4 is 38.3 Å². The van der Waals surface area contributed by atoms with E-state index in [0.717, 1.165) is 27.5 Å². The number of nitrogens with one attached hydrogen (secondary N) is 1. The lowest BCUT2D eigenvalue weighted by Gasteiger charge is -2.32. The van der Waals surface area contributed by atoms with Gasteiger partial charge in [-0.2, -0.15) is 0 Å². The van der Waals surface area contributed by atoms with Crippen LogP contribution in [0.2, 0.25) is 0 Å². The van der Waals surface area contributed by atoms with Gasteiger partial charge in [-0.25, -0.2) is 8.42 Å². The van der Waals surface area contributed by atoms with E-state index in [0.29, 0.717) is 30.0 Å². The minimum Gasteiger partial charge on any atom is -0.355 e. The average molecular weight is 570 g/mol. The molecule has 212 valence electrons. The highest BCUT2D eigenvalue weighted by Gasteiger charge is 2.36. The van der Waals surface area contributed by atoms with Gasteiger partial charge in [-0.3, -0.25) is 13.9 Å². The maximum absolute atomic E-state index is 13.9. The lowest BCUT2D eigenvalue weighted by molar-refractivity contribution is -0.141. The number of carbonyl (C=O) groups excluding carboxylic acids is 2. The number of rotatable bonds is 11. The second-order valence-electron chi connectivity index (χ2n) is 10.4. The van der Waals surface area contributed by atoms with E-state index in [4.69, 9.17) is 0 Å². The number of hydrogen-bond donors (Lipinski definition) is 1. The van der Waals surface area contributed by atoms with E-state index < -0.39 is 16.1 Å². The molecule has 1 N–H and O–H groups in total. The Bertz CT molecular complexity index is 1670. The molecule has 0 unspecified atom stereocenters. The lowest BCUT2D eigenvalue weighted by atomic mass is 10.0. The molecule has 0 fully saturated rings. The average Bonchev–Trinajstić information content (AvgIpc) is 3.19. The van der Waals surface area contributed by atoms with Crippen molar-refractivity contribution in [2.45, 2.75) is 50.6 Å². The predicted octanol–water partition coefficient (Wildman–Crippen LogP) is 5.21. The Kier molecular flexibility index (Phi) is 8.40. The smallest absolute Gasteiger partial charge is 0.265 e. The molecule has 8 heteroatoms. The molecular formula is C33H35N3O4S. The first kappa shape index (κ1) is 28.4. The summed E-state index contributed by atoms with van der Waals surface area (Å²) >= 11 is 0. The number of nitrogens with zero attached hydrogens (tertiary/aromatic N) is 2. The van der Waals surface area contributed by atoms with Crippen LogP contribution in [-0.2, 0) is 32.6 Å². The Morgan fingerprint density at radius 2 is 1.61 bits per heavy atom. The largest absolute Gasteiger partial charge is 0.355 e. The van der Waals surface area contributed by atoms with Gasteiger partial charge in [0.05, 0.1) is 10.6 Å². The van der Waals surface area contributed by atoms with Crippen LogP contribution in [0.3, 0.4) is 0 Å². The highest BCUT2D eigenvalue weighted by molar-refractivity contribution is 7.93. The number of sulfonamides is 1.